The summed E-state index contributed by atoms with van der Waals surface area (Å²) in [5, 5.41) is 0. The Hall–Kier alpha value is 0.287. The van der Waals surface area contributed by atoms with E-state index in [0.717, 1.165) is 0 Å². The molecule has 0 saturated carbocycles. The predicted molar refractivity (Wildman–Crippen MR) is 56.3 cm³/mol. The average Bonchev–Trinajstić information content (AvgIpc) is 1.78. The summed E-state index contributed by atoms with van der Waals surface area (Å²) in [6.45, 7) is 6.80. The van der Waals surface area contributed by atoms with Gasteiger partial charge in [-0.05, 0) is 32.5 Å². The van der Waals surface area contributed by atoms with E-state index in [1.807, 2.05) is 0 Å². The zero-order chi connectivity index (χ0) is 11.4. The maximum atomic E-state index is 8.88. The molecule has 5 nitrogen and oxygen atoms in total. The second kappa shape index (κ2) is 5.39. The van der Waals surface area contributed by atoms with Crippen LogP contribution in [-0.4, -0.2) is 29.1 Å². The van der Waals surface area contributed by atoms with Crippen molar-refractivity contribution in [3.63, 3.8) is 0 Å². The maximum absolute atomic E-state index is 8.88. The van der Waals surface area contributed by atoms with Gasteiger partial charge in [-0.2, -0.15) is 0 Å². The fraction of sp³-hybridized carbons (Fsp3) is 1.00. The molecule has 1 aliphatic rings. The lowest BCUT2D eigenvalue weighted by Gasteiger charge is -2.32. The van der Waals surface area contributed by atoms with Gasteiger partial charge in [-0.3, -0.25) is 0 Å². The molecule has 1 heterocycles. The van der Waals surface area contributed by atoms with Gasteiger partial charge in [-0.15, -0.1) is 0 Å². The van der Waals surface area contributed by atoms with Crippen LogP contribution in [0.4, 0.5) is 0 Å². The first kappa shape index (κ1) is 14.3. The average molecular weight is 242 g/mol. The third kappa shape index (κ3) is 10.4. The van der Waals surface area contributed by atoms with E-state index in [4.69, 9.17) is 23.7 Å². The quantitative estimate of drug-likeness (QED) is 0.442. The van der Waals surface area contributed by atoms with E-state index in [1.165, 1.54) is 18.9 Å². The molecule has 0 amide bonds. The lowest BCUT2D eigenvalue weighted by molar-refractivity contribution is 0.179. The normalized spacial score (nSPS) is 26.3. The fourth-order valence-electron chi connectivity index (χ4n) is 1.48. The summed E-state index contributed by atoms with van der Waals surface area (Å²) in [5.41, 5.74) is 0. The Morgan fingerprint density at radius 1 is 1.36 bits per heavy atom. The van der Waals surface area contributed by atoms with Crippen molar-refractivity contribution in [3.05, 3.63) is 0 Å². The minimum atomic E-state index is -4.64. The molecular formula is C7H19O5PSi. The van der Waals surface area contributed by atoms with Crippen molar-refractivity contribution in [3.8, 4) is 0 Å². The summed E-state index contributed by atoms with van der Waals surface area (Å²) in [6, 6.07) is 1.36. The lowest BCUT2D eigenvalue weighted by atomic mass is 10.2. The van der Waals surface area contributed by atoms with Crippen LogP contribution >= 0.6 is 7.82 Å². The number of phosphoric acid groups is 1. The highest BCUT2D eigenvalue weighted by Crippen LogP contribution is 2.26. The molecule has 0 spiro atoms. The standard InChI is InChI=1S/C7H16OSi.H3O4P/c1-7-5-4-6-9(2,3)8-7;1-5(2,3)4/h7H,4-6H2,1-3H3;(H3,1,2,3,4). The van der Waals surface area contributed by atoms with Crippen molar-refractivity contribution >= 4 is 16.1 Å². The van der Waals surface area contributed by atoms with E-state index >= 15 is 0 Å². The van der Waals surface area contributed by atoms with Crippen LogP contribution in [0.1, 0.15) is 19.8 Å². The summed E-state index contributed by atoms with van der Waals surface area (Å²) in [7, 11) is -5.79. The van der Waals surface area contributed by atoms with Crippen LogP contribution in [0.3, 0.4) is 0 Å². The molecular weight excluding hydrogens is 223 g/mol. The van der Waals surface area contributed by atoms with Crippen LogP contribution < -0.4 is 0 Å². The number of hydrogen-bond donors (Lipinski definition) is 3. The predicted octanol–water partition coefficient (Wildman–Crippen LogP) is 1.46. The van der Waals surface area contributed by atoms with Gasteiger partial charge >= 0.3 is 7.82 Å². The first-order valence-electron chi connectivity index (χ1n) is 4.56. The van der Waals surface area contributed by atoms with Gasteiger partial charge in [0.2, 0.25) is 0 Å². The molecule has 1 fully saturated rings. The summed E-state index contributed by atoms with van der Waals surface area (Å²) in [5.74, 6) is 0. The van der Waals surface area contributed by atoms with Crippen LogP contribution in [0.5, 0.6) is 0 Å². The van der Waals surface area contributed by atoms with E-state index in [-0.39, 0.29) is 0 Å². The van der Waals surface area contributed by atoms with Crippen LogP contribution in [0.25, 0.3) is 0 Å². The largest absolute Gasteiger partial charge is 0.466 e. The van der Waals surface area contributed by atoms with Crippen molar-refractivity contribution in [1.82, 2.24) is 0 Å². The van der Waals surface area contributed by atoms with Crippen molar-refractivity contribution < 1.29 is 23.7 Å². The van der Waals surface area contributed by atoms with Crippen LogP contribution in [0.15, 0.2) is 0 Å². The minimum absolute atomic E-state index is 0.542. The molecule has 0 bridgehead atoms. The van der Waals surface area contributed by atoms with Gasteiger partial charge in [-0.1, -0.05) is 6.42 Å². The molecule has 86 valence electrons. The van der Waals surface area contributed by atoms with Gasteiger partial charge in [0.05, 0.1) is 0 Å². The highest BCUT2D eigenvalue weighted by atomic mass is 31.2. The monoisotopic (exact) mass is 242 g/mol. The van der Waals surface area contributed by atoms with E-state index in [2.05, 4.69) is 20.0 Å². The van der Waals surface area contributed by atoms with Crippen LogP contribution in [0.2, 0.25) is 19.1 Å². The molecule has 1 aliphatic heterocycles. The SMILES string of the molecule is CC1CCC[Si](C)(C)O1.O=P(O)(O)O. The van der Waals surface area contributed by atoms with Gasteiger partial charge in [-0.25, -0.2) is 4.57 Å². The molecule has 1 unspecified atom stereocenters. The van der Waals surface area contributed by atoms with E-state index in [0.29, 0.717) is 6.10 Å². The molecule has 14 heavy (non-hydrogen) atoms. The van der Waals surface area contributed by atoms with Crippen LogP contribution in [0, 0.1) is 0 Å². The van der Waals surface area contributed by atoms with Crippen molar-refractivity contribution in [1.29, 1.82) is 0 Å². The van der Waals surface area contributed by atoms with Gasteiger partial charge in [0, 0.05) is 6.10 Å². The van der Waals surface area contributed by atoms with Crippen molar-refractivity contribution in [2.45, 2.75) is 45.0 Å². The molecule has 0 radical (unpaired) electrons. The Kier molecular flexibility index (Phi) is 5.50. The second-order valence-electron chi connectivity index (χ2n) is 4.09. The first-order chi connectivity index (χ1) is 6.10. The Balaban J connectivity index is 0.000000292. The highest BCUT2D eigenvalue weighted by Gasteiger charge is 2.28. The van der Waals surface area contributed by atoms with Crippen LogP contribution in [-0.2, 0) is 8.99 Å². The molecule has 0 aromatic rings. The van der Waals surface area contributed by atoms with E-state index < -0.39 is 16.1 Å². The summed E-state index contributed by atoms with van der Waals surface area (Å²) < 4.78 is 14.7. The summed E-state index contributed by atoms with van der Waals surface area (Å²) in [6.07, 6.45) is 3.21. The maximum Gasteiger partial charge on any atom is 0.466 e. The molecule has 0 aromatic carbocycles. The second-order valence-corrected chi connectivity index (χ2v) is 9.38. The van der Waals surface area contributed by atoms with Gasteiger partial charge in [0.15, 0.2) is 8.32 Å². The Morgan fingerprint density at radius 2 is 1.79 bits per heavy atom. The van der Waals surface area contributed by atoms with E-state index in [1.54, 1.807) is 0 Å². The zero-order valence-corrected chi connectivity index (χ0v) is 10.7. The summed E-state index contributed by atoms with van der Waals surface area (Å²) in [4.78, 5) is 21.6. The Bertz CT molecular complexity index is 206. The molecule has 7 heteroatoms. The zero-order valence-electron chi connectivity index (χ0n) is 8.80. The summed E-state index contributed by atoms with van der Waals surface area (Å²) >= 11 is 0. The molecule has 1 rings (SSSR count). The minimum Gasteiger partial charge on any atom is -0.415 e. The van der Waals surface area contributed by atoms with Gasteiger partial charge < -0.3 is 19.1 Å². The van der Waals surface area contributed by atoms with Gasteiger partial charge in [0.1, 0.15) is 0 Å². The first-order valence-corrected chi connectivity index (χ1v) is 9.24. The topological polar surface area (TPSA) is 87.0 Å². The smallest absolute Gasteiger partial charge is 0.415 e. The van der Waals surface area contributed by atoms with Crippen molar-refractivity contribution in [2.24, 2.45) is 0 Å². The third-order valence-electron chi connectivity index (χ3n) is 1.91. The fourth-order valence-corrected chi connectivity index (χ4v) is 3.86. The van der Waals surface area contributed by atoms with Crippen molar-refractivity contribution in [2.75, 3.05) is 0 Å². The highest BCUT2D eigenvalue weighted by molar-refractivity contribution is 7.45. The third-order valence-corrected chi connectivity index (χ3v) is 4.51. The number of hydrogen-bond acceptors (Lipinski definition) is 2. The Labute approximate surface area is 85.5 Å². The van der Waals surface area contributed by atoms with Gasteiger partial charge in [0.25, 0.3) is 0 Å². The van der Waals surface area contributed by atoms with E-state index in [9.17, 15) is 0 Å². The lowest BCUT2D eigenvalue weighted by Crippen LogP contribution is -2.37. The number of rotatable bonds is 0. The molecule has 0 aromatic heterocycles. The Morgan fingerprint density at radius 3 is 2.00 bits per heavy atom. The molecule has 3 N–H and O–H groups in total. The molecule has 1 saturated heterocycles. The molecule has 1 atom stereocenters. The molecule has 0 aliphatic carbocycles.